The summed E-state index contributed by atoms with van der Waals surface area (Å²) in [6, 6.07) is 14.0. The number of fused-ring (bicyclic) bond motifs is 1. The lowest BCUT2D eigenvalue weighted by atomic mass is 10.0. The van der Waals surface area contributed by atoms with Crippen molar-refractivity contribution < 1.29 is 14.8 Å². The van der Waals surface area contributed by atoms with E-state index in [1.807, 2.05) is 0 Å². The predicted molar refractivity (Wildman–Crippen MR) is 91.7 cm³/mol. The highest BCUT2D eigenvalue weighted by atomic mass is 35.5. The fraction of sp³-hybridized carbons (Fsp3) is 0. The largest absolute Gasteiger partial charge is 0.502 e. The van der Waals surface area contributed by atoms with Gasteiger partial charge in [-0.05, 0) is 30.3 Å². The van der Waals surface area contributed by atoms with E-state index < -0.39 is 22.3 Å². The van der Waals surface area contributed by atoms with Gasteiger partial charge in [-0.25, -0.2) is 0 Å². The monoisotopic (exact) mass is 342 g/mol. The first-order valence-corrected chi connectivity index (χ1v) is 7.31. The van der Waals surface area contributed by atoms with E-state index in [9.17, 15) is 20.0 Å². The molecular weight excluding hydrogens is 332 g/mol. The van der Waals surface area contributed by atoms with E-state index in [-0.39, 0.29) is 10.9 Å². The highest BCUT2D eigenvalue weighted by molar-refractivity contribution is 6.30. The number of anilines is 1. The van der Waals surface area contributed by atoms with Crippen molar-refractivity contribution in [3.8, 4) is 5.75 Å². The van der Waals surface area contributed by atoms with E-state index in [0.717, 1.165) is 6.07 Å². The molecule has 120 valence electrons. The number of nitrogens with one attached hydrogen (secondary N) is 1. The molecule has 1 amide bonds. The number of hydrogen-bond donors (Lipinski definition) is 2. The van der Waals surface area contributed by atoms with Crippen LogP contribution in [0.5, 0.6) is 5.75 Å². The van der Waals surface area contributed by atoms with Gasteiger partial charge in [0.2, 0.25) is 0 Å². The average molecular weight is 343 g/mol. The Morgan fingerprint density at radius 3 is 2.33 bits per heavy atom. The van der Waals surface area contributed by atoms with Gasteiger partial charge in [-0.1, -0.05) is 29.8 Å². The standard InChI is InChI=1S/C17H11ClN2O4/c18-10-5-7-11(8-6-10)19-17(22)14-9-15(21)16(20(23)24)13-4-2-1-3-12(13)14/h1-9,21H,(H,19,22). The number of carbonyl (C=O) groups excluding carboxylic acids is 1. The van der Waals surface area contributed by atoms with Gasteiger partial charge in [-0.2, -0.15) is 0 Å². The van der Waals surface area contributed by atoms with Crippen LogP contribution in [-0.2, 0) is 0 Å². The number of hydrogen-bond acceptors (Lipinski definition) is 4. The SMILES string of the molecule is O=C(Nc1ccc(Cl)cc1)c1cc(O)c([N+](=O)[O-])c2ccccc12. The van der Waals surface area contributed by atoms with E-state index in [0.29, 0.717) is 16.1 Å². The molecule has 0 saturated carbocycles. The summed E-state index contributed by atoms with van der Waals surface area (Å²) in [4.78, 5) is 23.0. The molecule has 3 aromatic rings. The normalized spacial score (nSPS) is 10.5. The molecule has 0 radical (unpaired) electrons. The first-order valence-electron chi connectivity index (χ1n) is 6.93. The molecule has 3 rings (SSSR count). The van der Waals surface area contributed by atoms with E-state index in [4.69, 9.17) is 11.6 Å². The molecule has 7 heteroatoms. The number of aromatic hydroxyl groups is 1. The number of nitro benzene ring substituents is 1. The molecule has 0 aliphatic carbocycles. The van der Waals surface area contributed by atoms with Gasteiger partial charge in [0.25, 0.3) is 5.91 Å². The minimum absolute atomic E-state index is 0.142. The Morgan fingerprint density at radius 1 is 1.08 bits per heavy atom. The van der Waals surface area contributed by atoms with E-state index in [1.54, 1.807) is 42.5 Å². The molecule has 2 N–H and O–H groups in total. The zero-order valence-electron chi connectivity index (χ0n) is 12.2. The molecule has 0 bridgehead atoms. The second-order valence-electron chi connectivity index (χ2n) is 5.06. The van der Waals surface area contributed by atoms with Crippen LogP contribution in [0.2, 0.25) is 5.02 Å². The van der Waals surface area contributed by atoms with Gasteiger partial charge >= 0.3 is 5.69 Å². The maximum absolute atomic E-state index is 12.5. The van der Waals surface area contributed by atoms with Crippen molar-refractivity contribution in [3.63, 3.8) is 0 Å². The molecule has 0 saturated heterocycles. The number of rotatable bonds is 3. The van der Waals surface area contributed by atoms with Gasteiger partial charge < -0.3 is 10.4 Å². The van der Waals surface area contributed by atoms with E-state index >= 15 is 0 Å². The van der Waals surface area contributed by atoms with Gasteiger partial charge in [0.15, 0.2) is 5.75 Å². The summed E-state index contributed by atoms with van der Waals surface area (Å²) < 4.78 is 0. The third kappa shape index (κ3) is 2.87. The third-order valence-corrected chi connectivity index (χ3v) is 3.78. The molecule has 0 unspecified atom stereocenters. The van der Waals surface area contributed by atoms with Gasteiger partial charge in [0.1, 0.15) is 0 Å². The average Bonchev–Trinajstić information content (AvgIpc) is 2.55. The molecule has 6 nitrogen and oxygen atoms in total. The zero-order valence-corrected chi connectivity index (χ0v) is 12.9. The van der Waals surface area contributed by atoms with Crippen LogP contribution in [0.15, 0.2) is 54.6 Å². The Labute approximate surface area is 141 Å². The number of halogens is 1. The minimum Gasteiger partial charge on any atom is -0.502 e. The van der Waals surface area contributed by atoms with Crippen molar-refractivity contribution in [3.05, 3.63) is 75.3 Å². The lowest BCUT2D eigenvalue weighted by Crippen LogP contribution is -2.12. The Morgan fingerprint density at radius 2 is 1.71 bits per heavy atom. The smallest absolute Gasteiger partial charge is 0.318 e. The van der Waals surface area contributed by atoms with Crippen LogP contribution in [0.1, 0.15) is 10.4 Å². The number of nitrogens with zero attached hydrogens (tertiary/aromatic N) is 1. The Hall–Kier alpha value is -3.12. The molecule has 0 aliphatic heterocycles. The van der Waals surface area contributed by atoms with Crippen LogP contribution < -0.4 is 5.32 Å². The molecule has 0 spiro atoms. The lowest BCUT2D eigenvalue weighted by molar-refractivity contribution is -0.384. The number of carbonyl (C=O) groups is 1. The maximum atomic E-state index is 12.5. The fourth-order valence-electron chi connectivity index (χ4n) is 2.46. The third-order valence-electron chi connectivity index (χ3n) is 3.53. The quantitative estimate of drug-likeness (QED) is 0.546. The van der Waals surface area contributed by atoms with Crippen molar-refractivity contribution in [2.75, 3.05) is 5.32 Å². The first-order chi connectivity index (χ1) is 11.5. The highest BCUT2D eigenvalue weighted by Crippen LogP contribution is 2.37. The topological polar surface area (TPSA) is 92.5 Å². The highest BCUT2D eigenvalue weighted by Gasteiger charge is 2.23. The predicted octanol–water partition coefficient (Wildman–Crippen LogP) is 4.36. The number of amides is 1. The number of phenolic OH excluding ortho intramolecular Hbond substituents is 1. The summed E-state index contributed by atoms with van der Waals surface area (Å²) in [7, 11) is 0. The van der Waals surface area contributed by atoms with Crippen molar-refractivity contribution in [1.29, 1.82) is 0 Å². The summed E-state index contributed by atoms with van der Waals surface area (Å²) in [5, 5.41) is 24.9. The minimum atomic E-state index is -0.668. The van der Waals surface area contributed by atoms with Crippen LogP contribution in [0.25, 0.3) is 10.8 Å². The molecule has 3 aromatic carbocycles. The number of nitro groups is 1. The second kappa shape index (κ2) is 6.17. The summed E-state index contributed by atoms with van der Waals surface area (Å²) in [5.41, 5.74) is 0.239. The van der Waals surface area contributed by atoms with Crippen molar-refractivity contribution in [2.45, 2.75) is 0 Å². The Bertz CT molecular complexity index is 955. The molecule has 0 atom stereocenters. The van der Waals surface area contributed by atoms with Crippen molar-refractivity contribution in [2.24, 2.45) is 0 Å². The number of phenols is 1. The van der Waals surface area contributed by atoms with Crippen LogP contribution in [0.4, 0.5) is 11.4 Å². The van der Waals surface area contributed by atoms with Crippen LogP contribution >= 0.6 is 11.6 Å². The summed E-state index contributed by atoms with van der Waals surface area (Å²) >= 11 is 5.80. The van der Waals surface area contributed by atoms with Crippen LogP contribution in [0.3, 0.4) is 0 Å². The van der Waals surface area contributed by atoms with Crippen LogP contribution in [-0.4, -0.2) is 15.9 Å². The summed E-state index contributed by atoms with van der Waals surface area (Å²) in [5.74, 6) is -1.04. The van der Waals surface area contributed by atoms with Crippen molar-refractivity contribution >= 4 is 39.7 Å². The van der Waals surface area contributed by atoms with Gasteiger partial charge in [0, 0.05) is 22.2 Å². The summed E-state index contributed by atoms with van der Waals surface area (Å²) in [6.45, 7) is 0. The van der Waals surface area contributed by atoms with E-state index in [1.165, 1.54) is 6.07 Å². The lowest BCUT2D eigenvalue weighted by Gasteiger charge is -2.10. The molecule has 0 heterocycles. The van der Waals surface area contributed by atoms with Crippen LogP contribution in [0, 0.1) is 10.1 Å². The molecule has 0 aromatic heterocycles. The molecule has 0 aliphatic rings. The van der Waals surface area contributed by atoms with Crippen molar-refractivity contribution in [1.82, 2.24) is 0 Å². The van der Waals surface area contributed by atoms with E-state index in [2.05, 4.69) is 5.32 Å². The first kappa shape index (κ1) is 15.8. The van der Waals surface area contributed by atoms with Gasteiger partial charge in [0.05, 0.1) is 15.9 Å². The zero-order chi connectivity index (χ0) is 17.3. The molecular formula is C17H11ClN2O4. The Kier molecular flexibility index (Phi) is 4.05. The number of benzene rings is 3. The second-order valence-corrected chi connectivity index (χ2v) is 5.49. The molecule has 0 fully saturated rings. The summed E-state index contributed by atoms with van der Waals surface area (Å²) in [6.07, 6.45) is 0. The molecule has 24 heavy (non-hydrogen) atoms. The van der Waals surface area contributed by atoms with Gasteiger partial charge in [-0.3, -0.25) is 14.9 Å². The fourth-order valence-corrected chi connectivity index (χ4v) is 2.58. The van der Waals surface area contributed by atoms with Gasteiger partial charge in [-0.15, -0.1) is 0 Å². The Balaban J connectivity index is 2.09. The maximum Gasteiger partial charge on any atom is 0.318 e.